The van der Waals surface area contributed by atoms with E-state index >= 15 is 0 Å². The van der Waals surface area contributed by atoms with Gasteiger partial charge in [-0.1, -0.05) is 54.6 Å². The summed E-state index contributed by atoms with van der Waals surface area (Å²) in [5, 5.41) is 23.1. The van der Waals surface area contributed by atoms with Gasteiger partial charge in [-0.25, -0.2) is 9.59 Å². The van der Waals surface area contributed by atoms with Crippen molar-refractivity contribution in [1.82, 2.24) is 0 Å². The molecule has 1 saturated carbocycles. The van der Waals surface area contributed by atoms with E-state index < -0.39 is 71.6 Å². The van der Waals surface area contributed by atoms with Gasteiger partial charge in [0.1, 0.15) is 13.2 Å². The van der Waals surface area contributed by atoms with E-state index in [1.165, 1.54) is 6.08 Å². The van der Waals surface area contributed by atoms with E-state index in [2.05, 4.69) is 0 Å². The molecule has 2 aromatic carbocycles. The van der Waals surface area contributed by atoms with Crippen LogP contribution in [0.5, 0.6) is 0 Å². The van der Waals surface area contributed by atoms with Crippen molar-refractivity contribution in [3.05, 3.63) is 96.1 Å². The highest BCUT2D eigenvalue weighted by molar-refractivity contribution is 6.01. The molecule has 2 aromatic rings. The Balaban J connectivity index is 1.41. The molecule has 0 amide bonds. The second-order valence-electron chi connectivity index (χ2n) is 9.36. The van der Waals surface area contributed by atoms with Crippen LogP contribution in [0.1, 0.15) is 20.7 Å². The third-order valence-electron chi connectivity index (χ3n) is 7.34. The molecule has 0 heterocycles. The number of hydrogen-bond donors (Lipinski definition) is 2. The summed E-state index contributed by atoms with van der Waals surface area (Å²) in [6.45, 7) is -1.30. The van der Waals surface area contributed by atoms with Crippen molar-refractivity contribution in [1.29, 1.82) is 0 Å². The number of esters is 2. The monoisotopic (exact) mass is 488 g/mol. The minimum atomic E-state index is -2.18. The zero-order chi connectivity index (χ0) is 25.5. The minimum Gasteiger partial charge on any atom is -0.459 e. The average Bonchev–Trinajstić information content (AvgIpc) is 2.91. The smallest absolute Gasteiger partial charge is 0.338 e. The van der Waals surface area contributed by atoms with Crippen molar-refractivity contribution < 1.29 is 38.9 Å². The van der Waals surface area contributed by atoms with Crippen LogP contribution >= 0.6 is 0 Å². The third-order valence-corrected chi connectivity index (χ3v) is 7.34. The van der Waals surface area contributed by atoms with Gasteiger partial charge in [-0.3, -0.25) is 9.59 Å². The Labute approximate surface area is 206 Å². The lowest BCUT2D eigenvalue weighted by atomic mass is 9.49. The van der Waals surface area contributed by atoms with Crippen LogP contribution in [0.25, 0.3) is 0 Å². The summed E-state index contributed by atoms with van der Waals surface area (Å²) in [5.74, 6) is -6.17. The van der Waals surface area contributed by atoms with E-state index in [1.54, 1.807) is 78.9 Å². The maximum absolute atomic E-state index is 13.3. The summed E-state index contributed by atoms with van der Waals surface area (Å²) < 4.78 is 10.6. The Hall–Kier alpha value is -3.88. The number of ketones is 2. The molecule has 4 aliphatic rings. The first-order valence-corrected chi connectivity index (χ1v) is 11.6. The normalized spacial score (nSPS) is 32.2. The Kier molecular flexibility index (Phi) is 5.94. The Bertz CT molecular complexity index is 1270. The highest BCUT2D eigenvalue weighted by Crippen LogP contribution is 2.54. The molecule has 184 valence electrons. The van der Waals surface area contributed by atoms with Crippen molar-refractivity contribution >= 4 is 23.5 Å². The van der Waals surface area contributed by atoms with Crippen molar-refractivity contribution in [2.45, 2.75) is 11.2 Å². The average molecular weight is 488 g/mol. The summed E-state index contributed by atoms with van der Waals surface area (Å²) in [5.41, 5.74) is -3.84. The van der Waals surface area contributed by atoms with E-state index in [9.17, 15) is 29.4 Å². The topological polar surface area (TPSA) is 127 Å². The second kappa shape index (κ2) is 8.96. The van der Waals surface area contributed by atoms with Crippen LogP contribution in [0.15, 0.2) is 85.0 Å². The second-order valence-corrected chi connectivity index (χ2v) is 9.36. The molecule has 0 saturated heterocycles. The Morgan fingerprint density at radius 1 is 0.750 bits per heavy atom. The van der Waals surface area contributed by atoms with Gasteiger partial charge in [-0.2, -0.15) is 0 Å². The molecule has 0 spiro atoms. The number of fused-ring (bicyclic) bond motifs is 1. The highest BCUT2D eigenvalue weighted by atomic mass is 16.5. The molecular weight excluding hydrogens is 464 g/mol. The van der Waals surface area contributed by atoms with Crippen LogP contribution in [0.3, 0.4) is 0 Å². The number of carbonyl (C=O) groups is 4. The van der Waals surface area contributed by atoms with Crippen molar-refractivity contribution in [2.75, 3.05) is 13.2 Å². The van der Waals surface area contributed by atoms with Crippen LogP contribution in [0.2, 0.25) is 0 Å². The highest BCUT2D eigenvalue weighted by Gasteiger charge is 2.66. The first kappa shape index (κ1) is 23.8. The van der Waals surface area contributed by atoms with Crippen molar-refractivity contribution in [3.63, 3.8) is 0 Å². The summed E-state index contributed by atoms with van der Waals surface area (Å²) in [6, 6.07) is 16.3. The molecule has 4 aliphatic carbocycles. The largest absolute Gasteiger partial charge is 0.459 e. The predicted molar refractivity (Wildman–Crippen MR) is 126 cm³/mol. The maximum Gasteiger partial charge on any atom is 0.338 e. The number of Topliss-reactive ketones (excluding diaryl/α,β-unsaturated/α-hetero) is 1. The van der Waals surface area contributed by atoms with Gasteiger partial charge in [0.25, 0.3) is 0 Å². The molecule has 0 aliphatic heterocycles. The predicted octanol–water partition coefficient (Wildman–Crippen LogP) is 1.92. The maximum atomic E-state index is 13.3. The standard InChI is InChI=1S/C28H24O8/c29-22-14-12-19-20-11-13-21(23(19)28(22,34)16-36-26(32)18-9-5-2-6-10-18)27(33,24(20)30)15-35-25(31)17-7-3-1-4-8-17/h1-14,19-21,23,33-34H,15-16H2/t19-,20+,21-,23-,27+,28-/m0/s1. The number of allylic oxidation sites excluding steroid dienone is 2. The summed E-state index contributed by atoms with van der Waals surface area (Å²) in [6.07, 6.45) is 5.95. The van der Waals surface area contributed by atoms with Gasteiger partial charge in [0.05, 0.1) is 11.1 Å². The van der Waals surface area contributed by atoms with E-state index in [0.717, 1.165) is 0 Å². The third kappa shape index (κ3) is 3.79. The van der Waals surface area contributed by atoms with Gasteiger partial charge < -0.3 is 19.7 Å². The molecule has 6 rings (SSSR count). The number of aliphatic hydroxyl groups is 2. The van der Waals surface area contributed by atoms with Gasteiger partial charge >= 0.3 is 11.9 Å². The molecule has 0 radical (unpaired) electrons. The molecule has 2 N–H and O–H groups in total. The number of rotatable bonds is 6. The number of ether oxygens (including phenoxy) is 2. The van der Waals surface area contributed by atoms with Crippen LogP contribution in [0, 0.1) is 23.7 Å². The van der Waals surface area contributed by atoms with E-state index in [1.807, 2.05) is 0 Å². The lowest BCUT2D eigenvalue weighted by Crippen LogP contribution is -2.70. The molecule has 6 atom stereocenters. The van der Waals surface area contributed by atoms with Crippen LogP contribution in [-0.4, -0.2) is 58.1 Å². The van der Waals surface area contributed by atoms with Crippen molar-refractivity contribution in [2.24, 2.45) is 23.7 Å². The first-order chi connectivity index (χ1) is 17.3. The molecule has 36 heavy (non-hydrogen) atoms. The number of hydrogen-bond acceptors (Lipinski definition) is 8. The zero-order valence-corrected chi connectivity index (χ0v) is 19.2. The van der Waals surface area contributed by atoms with E-state index in [0.29, 0.717) is 0 Å². The summed E-state index contributed by atoms with van der Waals surface area (Å²) >= 11 is 0. The number of carbonyl (C=O) groups excluding carboxylic acids is 4. The first-order valence-electron chi connectivity index (χ1n) is 11.6. The molecular formula is C28H24O8. The quantitative estimate of drug-likeness (QED) is 0.466. The molecule has 8 heteroatoms. The fourth-order valence-corrected chi connectivity index (χ4v) is 5.48. The Morgan fingerprint density at radius 2 is 1.28 bits per heavy atom. The molecule has 1 fully saturated rings. The van der Waals surface area contributed by atoms with Gasteiger partial charge in [-0.05, 0) is 36.3 Å². The van der Waals surface area contributed by atoms with E-state index in [-0.39, 0.29) is 11.1 Å². The van der Waals surface area contributed by atoms with Gasteiger partial charge in [0.2, 0.25) is 0 Å². The fourth-order valence-electron chi connectivity index (χ4n) is 5.48. The SMILES string of the molecule is O=C(OC[C@]1(O)C(=O)C=C[C@@H]2[C@H]1[C@@H]1C=C[C@H]2C(=O)[C@@]1(O)COC(=O)c1ccccc1)c1ccccc1. The van der Waals surface area contributed by atoms with Gasteiger partial charge in [0.15, 0.2) is 22.8 Å². The summed E-state index contributed by atoms with van der Waals surface area (Å²) in [7, 11) is 0. The summed E-state index contributed by atoms with van der Waals surface area (Å²) in [4.78, 5) is 51.2. The molecule has 2 bridgehead atoms. The van der Waals surface area contributed by atoms with E-state index in [4.69, 9.17) is 9.47 Å². The lowest BCUT2D eigenvalue weighted by molar-refractivity contribution is -0.191. The van der Waals surface area contributed by atoms with Gasteiger partial charge in [-0.15, -0.1) is 0 Å². The van der Waals surface area contributed by atoms with Crippen LogP contribution in [0.4, 0.5) is 0 Å². The molecule has 0 unspecified atom stereocenters. The lowest BCUT2D eigenvalue weighted by Gasteiger charge is -2.56. The zero-order valence-electron chi connectivity index (χ0n) is 19.2. The van der Waals surface area contributed by atoms with Gasteiger partial charge in [0, 0.05) is 17.8 Å². The molecule has 0 aromatic heterocycles. The Morgan fingerprint density at radius 3 is 1.83 bits per heavy atom. The number of benzene rings is 2. The minimum absolute atomic E-state index is 0.251. The fraction of sp³-hybridized carbons (Fsp3) is 0.286. The molecule has 8 nitrogen and oxygen atoms in total. The van der Waals surface area contributed by atoms with Crippen LogP contribution < -0.4 is 0 Å². The van der Waals surface area contributed by atoms with Crippen molar-refractivity contribution in [3.8, 4) is 0 Å². The van der Waals surface area contributed by atoms with Crippen LogP contribution in [-0.2, 0) is 19.1 Å².